The van der Waals surface area contributed by atoms with Crippen LogP contribution in [0.15, 0.2) is 28.7 Å². The minimum Gasteiger partial charge on any atom is -0.474 e. The summed E-state index contributed by atoms with van der Waals surface area (Å²) in [5, 5.41) is 8.70. The van der Waals surface area contributed by atoms with Crippen molar-refractivity contribution in [2.75, 3.05) is 0 Å². The average molecular weight is 221 g/mol. The van der Waals surface area contributed by atoms with Crippen LogP contribution in [0.1, 0.15) is 16.4 Å². The standard InChI is InChI=1S/C11H8FNO3/c1-6-9(16-10(13-6)11(14)15)7-2-4-8(12)5-3-7/h2-5H,1H3,(H,14,15). The van der Waals surface area contributed by atoms with Gasteiger partial charge in [0, 0.05) is 5.56 Å². The number of halogens is 1. The van der Waals surface area contributed by atoms with Crippen LogP contribution in [0.2, 0.25) is 0 Å². The van der Waals surface area contributed by atoms with Crippen LogP contribution in [0.3, 0.4) is 0 Å². The second-order valence-electron chi connectivity index (χ2n) is 3.25. The Balaban J connectivity index is 2.47. The fourth-order valence-corrected chi connectivity index (χ4v) is 1.36. The number of rotatable bonds is 2. The van der Waals surface area contributed by atoms with Crippen molar-refractivity contribution < 1.29 is 18.7 Å². The highest BCUT2D eigenvalue weighted by atomic mass is 19.1. The van der Waals surface area contributed by atoms with Crippen LogP contribution in [-0.4, -0.2) is 16.1 Å². The topological polar surface area (TPSA) is 63.3 Å². The van der Waals surface area contributed by atoms with Gasteiger partial charge >= 0.3 is 11.9 Å². The number of carbonyl (C=O) groups is 1. The number of nitrogens with zero attached hydrogens (tertiary/aromatic N) is 1. The molecule has 1 heterocycles. The van der Waals surface area contributed by atoms with E-state index in [1.807, 2.05) is 0 Å². The Bertz CT molecular complexity index is 531. The summed E-state index contributed by atoms with van der Waals surface area (Å²) < 4.78 is 17.8. The largest absolute Gasteiger partial charge is 0.474 e. The molecule has 0 fully saturated rings. The van der Waals surface area contributed by atoms with E-state index >= 15 is 0 Å². The smallest absolute Gasteiger partial charge is 0.392 e. The molecule has 0 saturated heterocycles. The van der Waals surface area contributed by atoms with Crippen LogP contribution >= 0.6 is 0 Å². The van der Waals surface area contributed by atoms with Crippen molar-refractivity contribution in [2.24, 2.45) is 0 Å². The Labute approximate surface area is 90.4 Å². The maximum absolute atomic E-state index is 12.7. The zero-order valence-electron chi connectivity index (χ0n) is 8.40. The summed E-state index contributed by atoms with van der Waals surface area (Å²) in [6.45, 7) is 1.63. The van der Waals surface area contributed by atoms with Gasteiger partial charge in [-0.05, 0) is 31.2 Å². The first-order valence-electron chi connectivity index (χ1n) is 4.54. The third kappa shape index (κ3) is 1.79. The lowest BCUT2D eigenvalue weighted by atomic mass is 10.1. The third-order valence-electron chi connectivity index (χ3n) is 2.09. The van der Waals surface area contributed by atoms with E-state index in [4.69, 9.17) is 9.52 Å². The Morgan fingerprint density at radius 1 is 1.38 bits per heavy atom. The van der Waals surface area contributed by atoms with Crippen LogP contribution in [0.5, 0.6) is 0 Å². The van der Waals surface area contributed by atoms with E-state index in [-0.39, 0.29) is 11.7 Å². The molecule has 0 bridgehead atoms. The number of hydrogen-bond acceptors (Lipinski definition) is 3. The fraction of sp³-hybridized carbons (Fsp3) is 0.0909. The molecule has 82 valence electrons. The highest BCUT2D eigenvalue weighted by Crippen LogP contribution is 2.24. The molecule has 0 radical (unpaired) electrons. The van der Waals surface area contributed by atoms with Crippen molar-refractivity contribution in [3.05, 3.63) is 41.7 Å². The van der Waals surface area contributed by atoms with Crippen LogP contribution < -0.4 is 0 Å². The first kappa shape index (κ1) is 10.4. The molecule has 1 aromatic heterocycles. The highest BCUT2D eigenvalue weighted by Gasteiger charge is 2.16. The molecule has 0 atom stereocenters. The summed E-state index contributed by atoms with van der Waals surface area (Å²) in [6.07, 6.45) is 0. The molecule has 4 nitrogen and oxygen atoms in total. The number of oxazole rings is 1. The molecule has 2 rings (SSSR count). The Morgan fingerprint density at radius 3 is 2.50 bits per heavy atom. The van der Waals surface area contributed by atoms with Gasteiger partial charge in [-0.1, -0.05) is 0 Å². The quantitative estimate of drug-likeness (QED) is 0.846. The van der Waals surface area contributed by atoms with Crippen molar-refractivity contribution >= 4 is 5.97 Å². The lowest BCUT2D eigenvalue weighted by Crippen LogP contribution is -1.95. The molecule has 0 saturated carbocycles. The highest BCUT2D eigenvalue weighted by molar-refractivity contribution is 5.83. The Kier molecular flexibility index (Phi) is 2.44. The predicted octanol–water partition coefficient (Wildman–Crippen LogP) is 2.49. The summed E-state index contributed by atoms with van der Waals surface area (Å²) in [5.41, 5.74) is 1.06. The Morgan fingerprint density at radius 2 is 2.00 bits per heavy atom. The summed E-state index contributed by atoms with van der Waals surface area (Å²) in [4.78, 5) is 14.4. The minimum atomic E-state index is -1.23. The lowest BCUT2D eigenvalue weighted by Gasteiger charge is -1.96. The van der Waals surface area contributed by atoms with E-state index in [0.29, 0.717) is 17.0 Å². The molecular weight excluding hydrogens is 213 g/mol. The molecule has 0 aliphatic rings. The van der Waals surface area contributed by atoms with Crippen molar-refractivity contribution in [3.8, 4) is 11.3 Å². The van der Waals surface area contributed by atoms with E-state index in [9.17, 15) is 9.18 Å². The number of aromatic carboxylic acids is 1. The van der Waals surface area contributed by atoms with Crippen LogP contribution in [0.25, 0.3) is 11.3 Å². The summed E-state index contributed by atoms with van der Waals surface area (Å²) in [5.74, 6) is -1.61. The van der Waals surface area contributed by atoms with Gasteiger partial charge in [-0.2, -0.15) is 0 Å². The van der Waals surface area contributed by atoms with Gasteiger partial charge in [0.1, 0.15) is 5.82 Å². The van der Waals surface area contributed by atoms with E-state index < -0.39 is 5.97 Å². The van der Waals surface area contributed by atoms with E-state index in [1.54, 1.807) is 6.92 Å². The molecule has 16 heavy (non-hydrogen) atoms. The number of hydrogen-bond donors (Lipinski definition) is 1. The van der Waals surface area contributed by atoms with Gasteiger partial charge in [0.05, 0.1) is 5.69 Å². The monoisotopic (exact) mass is 221 g/mol. The second kappa shape index (κ2) is 3.77. The normalized spacial score (nSPS) is 10.4. The predicted molar refractivity (Wildman–Crippen MR) is 53.6 cm³/mol. The van der Waals surface area contributed by atoms with E-state index in [1.165, 1.54) is 24.3 Å². The lowest BCUT2D eigenvalue weighted by molar-refractivity contribution is 0.0654. The van der Waals surface area contributed by atoms with E-state index in [2.05, 4.69) is 4.98 Å². The van der Waals surface area contributed by atoms with Crippen LogP contribution in [-0.2, 0) is 0 Å². The van der Waals surface area contributed by atoms with Gasteiger partial charge in [0.2, 0.25) is 0 Å². The van der Waals surface area contributed by atoms with Gasteiger partial charge in [-0.15, -0.1) is 0 Å². The van der Waals surface area contributed by atoms with Gasteiger partial charge in [0.15, 0.2) is 5.76 Å². The van der Waals surface area contributed by atoms with Gasteiger partial charge in [0.25, 0.3) is 0 Å². The van der Waals surface area contributed by atoms with Crippen LogP contribution in [0.4, 0.5) is 4.39 Å². The average Bonchev–Trinajstić information content (AvgIpc) is 2.62. The molecule has 0 amide bonds. The second-order valence-corrected chi connectivity index (χ2v) is 3.25. The number of aryl methyl sites for hydroxylation is 1. The Hall–Kier alpha value is -2.17. The SMILES string of the molecule is Cc1nc(C(=O)O)oc1-c1ccc(F)cc1. The molecular formula is C11H8FNO3. The summed E-state index contributed by atoms with van der Waals surface area (Å²) >= 11 is 0. The van der Waals surface area contributed by atoms with Crippen molar-refractivity contribution in [3.63, 3.8) is 0 Å². The molecule has 0 spiro atoms. The van der Waals surface area contributed by atoms with Crippen molar-refractivity contribution in [1.29, 1.82) is 0 Å². The number of carboxylic acid groups (broad SMARTS) is 1. The first-order valence-corrected chi connectivity index (χ1v) is 4.54. The molecule has 0 aliphatic heterocycles. The fourth-order valence-electron chi connectivity index (χ4n) is 1.36. The van der Waals surface area contributed by atoms with E-state index in [0.717, 1.165) is 0 Å². The maximum atomic E-state index is 12.7. The summed E-state index contributed by atoms with van der Waals surface area (Å²) in [6, 6.07) is 5.57. The summed E-state index contributed by atoms with van der Waals surface area (Å²) in [7, 11) is 0. The number of benzene rings is 1. The molecule has 1 aromatic carbocycles. The number of aromatic nitrogens is 1. The molecule has 5 heteroatoms. The third-order valence-corrected chi connectivity index (χ3v) is 2.09. The molecule has 2 aromatic rings. The first-order chi connectivity index (χ1) is 7.58. The minimum absolute atomic E-state index is 0.345. The number of carboxylic acids is 1. The van der Waals surface area contributed by atoms with Gasteiger partial charge < -0.3 is 9.52 Å². The molecule has 0 unspecified atom stereocenters. The van der Waals surface area contributed by atoms with Crippen LogP contribution in [0, 0.1) is 12.7 Å². The maximum Gasteiger partial charge on any atom is 0.392 e. The van der Waals surface area contributed by atoms with Gasteiger partial charge in [-0.25, -0.2) is 14.2 Å². The molecule has 0 aliphatic carbocycles. The molecule has 1 N–H and O–H groups in total. The zero-order chi connectivity index (χ0) is 11.7. The van der Waals surface area contributed by atoms with Crippen molar-refractivity contribution in [1.82, 2.24) is 4.98 Å². The van der Waals surface area contributed by atoms with Gasteiger partial charge in [-0.3, -0.25) is 0 Å². The zero-order valence-corrected chi connectivity index (χ0v) is 8.40. The van der Waals surface area contributed by atoms with Crippen molar-refractivity contribution in [2.45, 2.75) is 6.92 Å².